The van der Waals surface area contributed by atoms with Crippen LogP contribution in [0.5, 0.6) is 0 Å². The van der Waals surface area contributed by atoms with Crippen molar-refractivity contribution in [2.45, 2.75) is 57.0 Å². The van der Waals surface area contributed by atoms with Crippen molar-refractivity contribution < 1.29 is 13.2 Å². The number of carbonyl (C=O) groups is 1. The lowest BCUT2D eigenvalue weighted by Crippen LogP contribution is -2.59. The van der Waals surface area contributed by atoms with Gasteiger partial charge in [0.2, 0.25) is 15.9 Å². The molecule has 23 heavy (non-hydrogen) atoms. The van der Waals surface area contributed by atoms with E-state index in [0.29, 0.717) is 30.8 Å². The first-order valence-corrected chi connectivity index (χ1v) is 10.9. The molecule has 1 heterocycles. The summed E-state index contributed by atoms with van der Waals surface area (Å²) in [6.07, 6.45) is 9.18. The van der Waals surface area contributed by atoms with Crippen LogP contribution in [0.2, 0.25) is 0 Å². The highest BCUT2D eigenvalue weighted by Crippen LogP contribution is 2.55. The maximum absolute atomic E-state index is 13.0. The number of nitrogens with zero attached hydrogens (tertiary/aromatic N) is 2. The van der Waals surface area contributed by atoms with Gasteiger partial charge in [-0.25, -0.2) is 8.42 Å². The molecule has 1 amide bonds. The molecule has 4 bridgehead atoms. The summed E-state index contributed by atoms with van der Waals surface area (Å²) in [5, 5.41) is 0. The number of hydrogen-bond donors (Lipinski definition) is 0. The molecule has 5 nitrogen and oxygen atoms in total. The van der Waals surface area contributed by atoms with Gasteiger partial charge in [-0.1, -0.05) is 0 Å². The number of carbonyl (C=O) groups excluding carboxylic acids is 1. The molecule has 0 unspecified atom stereocenters. The van der Waals surface area contributed by atoms with Crippen molar-refractivity contribution in [1.29, 1.82) is 0 Å². The van der Waals surface area contributed by atoms with Gasteiger partial charge in [0.1, 0.15) is 6.04 Å². The predicted molar refractivity (Wildman–Crippen MR) is 88.2 cm³/mol. The summed E-state index contributed by atoms with van der Waals surface area (Å²) in [5.74, 6) is 3.10. The van der Waals surface area contributed by atoms with Crippen molar-refractivity contribution in [3.05, 3.63) is 0 Å². The van der Waals surface area contributed by atoms with Crippen molar-refractivity contribution in [2.24, 2.45) is 23.7 Å². The fraction of sp³-hybridized carbons (Fsp3) is 0.941. The third-order valence-corrected chi connectivity index (χ3v) is 8.18. The Kier molecular flexibility index (Phi) is 3.76. The Morgan fingerprint density at radius 1 is 1.04 bits per heavy atom. The molecule has 0 spiro atoms. The molecule has 1 saturated heterocycles. The van der Waals surface area contributed by atoms with Crippen LogP contribution in [0.25, 0.3) is 0 Å². The van der Waals surface area contributed by atoms with Gasteiger partial charge in [-0.15, -0.1) is 0 Å². The molecule has 5 fully saturated rings. The highest BCUT2D eigenvalue weighted by molar-refractivity contribution is 7.88. The molecule has 5 rings (SSSR count). The van der Waals surface area contributed by atoms with E-state index in [1.807, 2.05) is 11.9 Å². The number of amides is 1. The summed E-state index contributed by atoms with van der Waals surface area (Å²) in [7, 11) is -1.37. The molecular formula is C17H28N2O3S. The molecule has 6 heteroatoms. The third-order valence-electron chi connectivity index (χ3n) is 6.89. The van der Waals surface area contributed by atoms with Crippen molar-refractivity contribution >= 4 is 15.9 Å². The van der Waals surface area contributed by atoms with E-state index in [9.17, 15) is 13.2 Å². The molecule has 0 radical (unpaired) electrons. The molecule has 4 saturated carbocycles. The summed E-state index contributed by atoms with van der Waals surface area (Å²) in [6.45, 7) is 0.491. The van der Waals surface area contributed by atoms with Gasteiger partial charge in [0.05, 0.1) is 6.26 Å². The van der Waals surface area contributed by atoms with E-state index in [1.54, 1.807) is 0 Å². The minimum Gasteiger partial charge on any atom is -0.341 e. The zero-order valence-corrected chi connectivity index (χ0v) is 15.0. The molecule has 130 valence electrons. The molecule has 1 aliphatic heterocycles. The van der Waals surface area contributed by atoms with Crippen LogP contribution in [0, 0.1) is 23.7 Å². The Hall–Kier alpha value is -0.620. The van der Waals surface area contributed by atoms with Crippen molar-refractivity contribution in [1.82, 2.24) is 9.21 Å². The monoisotopic (exact) mass is 340 g/mol. The van der Waals surface area contributed by atoms with Crippen LogP contribution in [0.3, 0.4) is 0 Å². The maximum Gasteiger partial charge on any atom is 0.241 e. The first-order chi connectivity index (χ1) is 10.8. The van der Waals surface area contributed by atoms with E-state index < -0.39 is 16.1 Å². The smallest absolute Gasteiger partial charge is 0.241 e. The van der Waals surface area contributed by atoms with E-state index in [-0.39, 0.29) is 5.91 Å². The minimum atomic E-state index is -3.30. The lowest BCUT2D eigenvalue weighted by molar-refractivity contribution is -0.144. The van der Waals surface area contributed by atoms with Gasteiger partial charge >= 0.3 is 0 Å². The van der Waals surface area contributed by atoms with Crippen molar-refractivity contribution in [3.8, 4) is 0 Å². The standard InChI is InChI=1S/C17H28N2O3S/c1-18(17(20)15-4-3-5-19(15)23(2,21)22)16-13-7-11-6-12(9-13)10-14(16)8-11/h11-16H,3-10H2,1-2H3/t11?,12?,13?,14?,15-,16?/m0/s1. The summed E-state index contributed by atoms with van der Waals surface area (Å²) in [6, 6.07) is -0.121. The van der Waals surface area contributed by atoms with Crippen molar-refractivity contribution in [3.63, 3.8) is 0 Å². The van der Waals surface area contributed by atoms with Gasteiger partial charge < -0.3 is 4.90 Å². The van der Waals surface area contributed by atoms with Crippen LogP contribution in [0.15, 0.2) is 0 Å². The lowest BCUT2D eigenvalue weighted by atomic mass is 9.54. The van der Waals surface area contributed by atoms with E-state index in [4.69, 9.17) is 0 Å². The molecule has 0 aromatic carbocycles. The first-order valence-electron chi connectivity index (χ1n) is 9.08. The topological polar surface area (TPSA) is 57.7 Å². The summed E-state index contributed by atoms with van der Waals surface area (Å²) in [4.78, 5) is 15.0. The van der Waals surface area contributed by atoms with E-state index in [0.717, 1.165) is 18.3 Å². The van der Waals surface area contributed by atoms with E-state index in [1.165, 1.54) is 42.7 Å². The average Bonchev–Trinajstić information content (AvgIpc) is 2.94. The summed E-state index contributed by atoms with van der Waals surface area (Å²) < 4.78 is 25.3. The van der Waals surface area contributed by atoms with E-state index in [2.05, 4.69) is 0 Å². The number of sulfonamides is 1. The lowest BCUT2D eigenvalue weighted by Gasteiger charge is -2.56. The Bertz CT molecular complexity index is 575. The number of hydrogen-bond acceptors (Lipinski definition) is 3. The van der Waals surface area contributed by atoms with Gasteiger partial charge in [0, 0.05) is 19.6 Å². The largest absolute Gasteiger partial charge is 0.341 e. The third kappa shape index (κ3) is 2.62. The quantitative estimate of drug-likeness (QED) is 0.786. The van der Waals surface area contributed by atoms with Crippen LogP contribution in [0.4, 0.5) is 0 Å². The second-order valence-corrected chi connectivity index (χ2v) is 10.3. The SMILES string of the molecule is CN(C(=O)[C@@H]1CCCN1S(C)(=O)=O)C1C2CC3CC(C2)CC1C3. The maximum atomic E-state index is 13.0. The van der Waals surface area contributed by atoms with Crippen LogP contribution in [0.1, 0.15) is 44.9 Å². The second-order valence-electron chi connectivity index (χ2n) is 8.40. The minimum absolute atomic E-state index is 0.0328. The van der Waals surface area contributed by atoms with Gasteiger partial charge in [-0.3, -0.25) is 4.79 Å². The fourth-order valence-electron chi connectivity index (χ4n) is 6.29. The second kappa shape index (κ2) is 5.45. The Labute approximate surface area is 139 Å². The molecule has 0 aromatic heterocycles. The number of likely N-dealkylation sites (N-methyl/N-ethyl adjacent to an activating group) is 1. The molecule has 5 aliphatic rings. The Morgan fingerprint density at radius 2 is 1.61 bits per heavy atom. The van der Waals surface area contributed by atoms with Crippen LogP contribution >= 0.6 is 0 Å². The highest BCUT2D eigenvalue weighted by Gasteiger charge is 2.51. The number of rotatable bonds is 3. The predicted octanol–water partition coefficient (Wildman–Crippen LogP) is 1.69. The zero-order valence-electron chi connectivity index (χ0n) is 14.1. The van der Waals surface area contributed by atoms with Crippen LogP contribution in [-0.2, 0) is 14.8 Å². The molecular weight excluding hydrogens is 312 g/mol. The van der Waals surface area contributed by atoms with Gasteiger partial charge in [0.25, 0.3) is 0 Å². The summed E-state index contributed by atoms with van der Waals surface area (Å²) >= 11 is 0. The highest BCUT2D eigenvalue weighted by atomic mass is 32.2. The van der Waals surface area contributed by atoms with Crippen molar-refractivity contribution in [2.75, 3.05) is 19.8 Å². The summed E-state index contributed by atoms with van der Waals surface area (Å²) in [5.41, 5.74) is 0. The van der Waals surface area contributed by atoms with Gasteiger partial charge in [-0.2, -0.15) is 4.31 Å². The molecule has 4 aliphatic carbocycles. The normalized spacial score (nSPS) is 43.0. The fourth-order valence-corrected chi connectivity index (χ4v) is 7.41. The molecule has 0 aromatic rings. The van der Waals surface area contributed by atoms with Gasteiger partial charge in [0.15, 0.2) is 0 Å². The molecule has 1 atom stereocenters. The molecule has 0 N–H and O–H groups in total. The first kappa shape index (κ1) is 15.9. The van der Waals surface area contributed by atoms with Crippen LogP contribution < -0.4 is 0 Å². The van der Waals surface area contributed by atoms with Gasteiger partial charge in [-0.05, 0) is 68.6 Å². The van der Waals surface area contributed by atoms with E-state index >= 15 is 0 Å². The Morgan fingerprint density at radius 3 is 2.13 bits per heavy atom. The zero-order chi connectivity index (χ0) is 16.4. The average molecular weight is 340 g/mol. The Balaban J connectivity index is 1.52. The van der Waals surface area contributed by atoms with Crippen LogP contribution in [-0.4, -0.2) is 55.5 Å².